The van der Waals surface area contributed by atoms with Crippen LogP contribution in [0.5, 0.6) is 0 Å². The van der Waals surface area contributed by atoms with Crippen molar-refractivity contribution in [2.75, 3.05) is 26.2 Å². The summed E-state index contributed by atoms with van der Waals surface area (Å²) in [6.45, 7) is 19.0. The van der Waals surface area contributed by atoms with Crippen molar-refractivity contribution in [2.24, 2.45) is 34.0 Å². The van der Waals surface area contributed by atoms with Gasteiger partial charge in [-0.3, -0.25) is 19.7 Å². The van der Waals surface area contributed by atoms with E-state index in [-0.39, 0.29) is 48.5 Å². The summed E-state index contributed by atoms with van der Waals surface area (Å²) in [7, 11) is 0. The van der Waals surface area contributed by atoms with E-state index >= 15 is 0 Å². The zero-order valence-corrected chi connectivity index (χ0v) is 33.0. The maximum absolute atomic E-state index is 14.8. The molecule has 13 heteroatoms. The van der Waals surface area contributed by atoms with Crippen LogP contribution in [0.2, 0.25) is 0 Å². The average molecular weight is 731 g/mol. The van der Waals surface area contributed by atoms with E-state index in [0.717, 1.165) is 32.1 Å². The fourth-order valence-electron chi connectivity index (χ4n) is 7.94. The number of alkyl carbamates (subject to hydrolysis) is 1. The highest BCUT2D eigenvalue weighted by Gasteiger charge is 2.69. The van der Waals surface area contributed by atoms with E-state index < -0.39 is 65.0 Å². The summed E-state index contributed by atoms with van der Waals surface area (Å²) in [5.41, 5.74) is -1.18. The number of terminal acetylenes is 1. The molecule has 2 aliphatic carbocycles. The summed E-state index contributed by atoms with van der Waals surface area (Å²) >= 11 is 0. The number of piperidine rings is 1. The van der Waals surface area contributed by atoms with Crippen molar-refractivity contribution in [3.05, 3.63) is 0 Å². The lowest BCUT2D eigenvalue weighted by Crippen LogP contribution is -2.64. The van der Waals surface area contributed by atoms with E-state index in [1.54, 1.807) is 4.90 Å². The molecule has 2 saturated carbocycles. The monoisotopic (exact) mass is 730 g/mol. The maximum Gasteiger partial charge on any atom is 0.407 e. The number of ketones is 1. The van der Waals surface area contributed by atoms with Crippen LogP contribution >= 0.6 is 0 Å². The summed E-state index contributed by atoms with van der Waals surface area (Å²) in [5.74, 6) is 1.06. The van der Waals surface area contributed by atoms with Crippen LogP contribution in [0.25, 0.3) is 0 Å². The number of likely N-dealkylation sites (tertiary alicyclic amines) is 1. The van der Waals surface area contributed by atoms with Gasteiger partial charge in [-0.05, 0) is 59.7 Å². The van der Waals surface area contributed by atoms with Crippen LogP contribution in [-0.4, -0.2) is 96.4 Å². The van der Waals surface area contributed by atoms with Gasteiger partial charge in [-0.1, -0.05) is 81.6 Å². The number of ether oxygens (including phenoxy) is 1. The van der Waals surface area contributed by atoms with Gasteiger partial charge < -0.3 is 36.0 Å². The van der Waals surface area contributed by atoms with Crippen LogP contribution in [0, 0.1) is 46.3 Å². The smallest absolute Gasteiger partial charge is 0.407 e. The number of aliphatic hydroxyl groups excluding tert-OH is 1. The topological polar surface area (TPSA) is 178 Å². The minimum absolute atomic E-state index is 0.0583. The number of nitrogens with one attached hydrogen (secondary N) is 5. The molecule has 0 spiro atoms. The molecule has 1 aliphatic heterocycles. The molecule has 0 aromatic rings. The number of urea groups is 1. The molecule has 13 nitrogen and oxygen atoms in total. The van der Waals surface area contributed by atoms with E-state index in [2.05, 4.69) is 46.4 Å². The largest absolute Gasteiger partial charge is 0.447 e. The highest BCUT2D eigenvalue weighted by Crippen LogP contribution is 2.65. The van der Waals surface area contributed by atoms with Crippen molar-refractivity contribution in [2.45, 2.75) is 144 Å². The van der Waals surface area contributed by atoms with Crippen LogP contribution in [0.15, 0.2) is 0 Å². The second-order valence-corrected chi connectivity index (χ2v) is 17.5. The van der Waals surface area contributed by atoms with Gasteiger partial charge in [0.2, 0.25) is 11.7 Å². The second-order valence-electron chi connectivity index (χ2n) is 17.5. The molecule has 52 heavy (non-hydrogen) atoms. The minimum atomic E-state index is -1.33. The third kappa shape index (κ3) is 10.8. The first-order valence-electron chi connectivity index (χ1n) is 19.3. The number of fused-ring (bicyclic) bond motifs is 1. The van der Waals surface area contributed by atoms with Gasteiger partial charge in [0.25, 0.3) is 5.91 Å². The lowest BCUT2D eigenvalue weighted by molar-refractivity contribution is -0.144. The molecule has 7 atom stereocenters. The van der Waals surface area contributed by atoms with E-state index in [9.17, 15) is 29.1 Å². The average Bonchev–Trinajstić information content (AvgIpc) is 3.38. The SMILES string of the molecule is C#CCCC(NC(O)C1[C@@H]2[C@H](CN1C(=O)C(NC(=O)NC(COC(=O)NCC(C)C)C(C)(C)C)C1(C)CCCCC1)C2(C)C)C(=O)C(=O)NCCC. The number of amides is 5. The fourth-order valence-corrected chi connectivity index (χ4v) is 7.94. The summed E-state index contributed by atoms with van der Waals surface area (Å²) in [6.07, 6.45) is 8.97. The van der Waals surface area contributed by atoms with Gasteiger partial charge in [-0.25, -0.2) is 9.59 Å². The molecule has 3 rings (SSSR count). The zero-order chi connectivity index (χ0) is 39.0. The predicted molar refractivity (Wildman–Crippen MR) is 200 cm³/mol. The number of aliphatic hydroxyl groups is 1. The van der Waals surface area contributed by atoms with Crippen molar-refractivity contribution < 1.29 is 33.8 Å². The first-order valence-corrected chi connectivity index (χ1v) is 19.3. The summed E-state index contributed by atoms with van der Waals surface area (Å²) in [6, 6.07) is -3.75. The Labute approximate surface area is 311 Å². The number of hydrogen-bond donors (Lipinski definition) is 6. The molecule has 0 aromatic heterocycles. The molecule has 3 aliphatic rings. The van der Waals surface area contributed by atoms with Crippen molar-refractivity contribution >= 4 is 29.7 Å². The number of carbonyl (C=O) groups is 5. The Hall–Kier alpha value is -3.37. The predicted octanol–water partition coefficient (Wildman–Crippen LogP) is 3.69. The number of rotatable bonds is 17. The van der Waals surface area contributed by atoms with Crippen molar-refractivity contribution in [1.29, 1.82) is 0 Å². The second kappa shape index (κ2) is 18.1. The Morgan fingerprint density at radius 3 is 2.25 bits per heavy atom. The summed E-state index contributed by atoms with van der Waals surface area (Å²) in [5, 5.41) is 26.1. The molecular weight excluding hydrogens is 664 g/mol. The quantitative estimate of drug-likeness (QED) is 0.0746. The Morgan fingerprint density at radius 1 is 1.02 bits per heavy atom. The molecule has 0 aromatic carbocycles. The summed E-state index contributed by atoms with van der Waals surface area (Å²) in [4.78, 5) is 68.5. The van der Waals surface area contributed by atoms with E-state index in [4.69, 9.17) is 11.2 Å². The standard InChI is InChI=1S/C39H66N6O7/c1-11-13-17-26(30(46)33(48)40-20-12-2)42-32(47)29-28-25(38(28,8)9)22-45(29)34(49)31(39(10)18-15-14-16-19-39)44-35(50)43-27(37(5,6)7)23-52-36(51)41-21-24(3)4/h1,24-29,31-32,42,47H,12-23H2,2-10H3,(H,40,48)(H,41,51)(H2,43,44,50)/t25-,26?,27?,28-,29?,31?,32?/m0/s1. The van der Waals surface area contributed by atoms with E-state index in [0.29, 0.717) is 26.1 Å². The number of Topliss-reactive ketones (excluding diaryl/α,β-unsaturated/α-hetero) is 1. The molecule has 1 saturated heterocycles. The highest BCUT2D eigenvalue weighted by atomic mass is 16.5. The van der Waals surface area contributed by atoms with E-state index in [1.807, 2.05) is 48.5 Å². The third-order valence-corrected chi connectivity index (χ3v) is 11.5. The van der Waals surface area contributed by atoms with Gasteiger partial charge in [0.05, 0.1) is 18.1 Å². The van der Waals surface area contributed by atoms with Crippen LogP contribution in [-0.2, 0) is 19.1 Å². The van der Waals surface area contributed by atoms with Gasteiger partial charge in [-0.15, -0.1) is 12.3 Å². The third-order valence-electron chi connectivity index (χ3n) is 11.5. The summed E-state index contributed by atoms with van der Waals surface area (Å²) < 4.78 is 5.47. The van der Waals surface area contributed by atoms with Crippen molar-refractivity contribution in [1.82, 2.24) is 31.5 Å². The molecule has 0 bridgehead atoms. The van der Waals surface area contributed by atoms with Crippen LogP contribution in [0.1, 0.15) is 114 Å². The van der Waals surface area contributed by atoms with E-state index in [1.165, 1.54) is 0 Å². The van der Waals surface area contributed by atoms with Gasteiger partial charge in [0.15, 0.2) is 0 Å². The Balaban J connectivity index is 1.86. The molecule has 5 unspecified atom stereocenters. The Morgan fingerprint density at radius 2 is 1.67 bits per heavy atom. The Kier molecular flexibility index (Phi) is 15.0. The van der Waals surface area contributed by atoms with Crippen LogP contribution < -0.4 is 26.6 Å². The number of carbonyl (C=O) groups excluding carboxylic acids is 5. The van der Waals surface area contributed by atoms with Gasteiger partial charge >= 0.3 is 12.1 Å². The number of hydrogen-bond acceptors (Lipinski definition) is 8. The van der Waals surface area contributed by atoms with Crippen molar-refractivity contribution in [3.63, 3.8) is 0 Å². The first kappa shape index (κ1) is 43.0. The zero-order valence-electron chi connectivity index (χ0n) is 33.0. The Bertz CT molecular complexity index is 1310. The molecule has 294 valence electrons. The number of nitrogens with zero attached hydrogens (tertiary/aromatic N) is 1. The van der Waals surface area contributed by atoms with Crippen molar-refractivity contribution in [3.8, 4) is 12.3 Å². The fraction of sp³-hybridized carbons (Fsp3) is 0.821. The van der Waals surface area contributed by atoms with Crippen LogP contribution in [0.4, 0.5) is 9.59 Å². The maximum atomic E-state index is 14.8. The van der Waals surface area contributed by atoms with Gasteiger partial charge in [0.1, 0.15) is 18.9 Å². The van der Waals surface area contributed by atoms with Gasteiger partial charge in [-0.2, -0.15) is 0 Å². The molecule has 0 radical (unpaired) electrons. The minimum Gasteiger partial charge on any atom is -0.447 e. The lowest BCUT2D eigenvalue weighted by atomic mass is 9.70. The highest BCUT2D eigenvalue weighted by molar-refractivity contribution is 6.38. The van der Waals surface area contributed by atoms with Crippen LogP contribution in [0.3, 0.4) is 0 Å². The normalized spacial score (nSPS) is 24.0. The first-order chi connectivity index (χ1) is 24.3. The molecule has 1 heterocycles. The lowest BCUT2D eigenvalue weighted by Gasteiger charge is -2.44. The molecule has 3 fully saturated rings. The molecule has 6 N–H and O–H groups in total. The van der Waals surface area contributed by atoms with Gasteiger partial charge in [0, 0.05) is 26.1 Å². The molecule has 5 amide bonds. The molecular formula is C39H66N6O7.